The number of nitrogens with two attached hydrogens (primary N) is 1. The minimum Gasteiger partial charge on any atom is -0.492 e. The number of rotatable bonds is 4. The van der Waals surface area contributed by atoms with Gasteiger partial charge in [0.15, 0.2) is 0 Å². The summed E-state index contributed by atoms with van der Waals surface area (Å²) in [4.78, 5) is 0.384. The molecule has 1 aliphatic rings. The fourth-order valence-corrected chi connectivity index (χ4v) is 3.18. The second kappa shape index (κ2) is 6.27. The van der Waals surface area contributed by atoms with Gasteiger partial charge >= 0.3 is 0 Å². The highest BCUT2D eigenvalue weighted by molar-refractivity contribution is 7.80. The predicted molar refractivity (Wildman–Crippen MR) is 89.9 cm³/mol. The molecule has 0 spiro atoms. The molecule has 0 saturated heterocycles. The molecule has 0 fully saturated rings. The monoisotopic (exact) mass is 297 g/mol. The molecular weight excluding hydrogens is 278 g/mol. The Morgan fingerprint density at radius 3 is 2.76 bits per heavy atom. The molecule has 0 aromatic heterocycles. The zero-order chi connectivity index (χ0) is 14.7. The Bertz CT molecular complexity index is 653. The highest BCUT2D eigenvalue weighted by atomic mass is 32.1. The van der Waals surface area contributed by atoms with Gasteiger partial charge in [-0.15, -0.1) is 0 Å². The van der Waals surface area contributed by atoms with Crippen LogP contribution >= 0.6 is 12.2 Å². The van der Waals surface area contributed by atoms with Crippen LogP contribution in [0, 0.1) is 0 Å². The summed E-state index contributed by atoms with van der Waals surface area (Å²) in [5.41, 5.74) is 9.45. The highest BCUT2D eigenvalue weighted by Gasteiger charge is 2.20. The largest absolute Gasteiger partial charge is 0.492 e. The molecule has 3 rings (SSSR count). The van der Waals surface area contributed by atoms with E-state index in [4.69, 9.17) is 22.7 Å². The molecule has 2 N–H and O–H groups in total. The first kappa shape index (κ1) is 14.1. The number of aryl methyl sites for hydroxylation is 1. The quantitative estimate of drug-likeness (QED) is 0.871. The van der Waals surface area contributed by atoms with Crippen molar-refractivity contribution in [3.8, 4) is 5.75 Å². The molecule has 1 atom stereocenters. The number of benzene rings is 2. The van der Waals surface area contributed by atoms with E-state index in [1.165, 1.54) is 30.4 Å². The molecule has 2 aromatic rings. The van der Waals surface area contributed by atoms with E-state index in [0.717, 1.165) is 11.3 Å². The van der Waals surface area contributed by atoms with E-state index < -0.39 is 0 Å². The molecule has 0 radical (unpaired) electrons. The van der Waals surface area contributed by atoms with Crippen molar-refractivity contribution in [1.82, 2.24) is 0 Å². The summed E-state index contributed by atoms with van der Waals surface area (Å²) in [7, 11) is 0. The highest BCUT2D eigenvalue weighted by Crippen LogP contribution is 2.32. The second-order valence-electron chi connectivity index (χ2n) is 5.46. The van der Waals surface area contributed by atoms with Crippen molar-refractivity contribution in [2.45, 2.75) is 25.2 Å². The molecule has 21 heavy (non-hydrogen) atoms. The van der Waals surface area contributed by atoms with Crippen molar-refractivity contribution >= 4 is 17.2 Å². The maximum absolute atomic E-state index is 6.03. The topological polar surface area (TPSA) is 35.2 Å². The molecular formula is C18H19NOS. The Balaban J connectivity index is 1.76. The molecule has 2 nitrogen and oxygen atoms in total. The first-order valence-electron chi connectivity index (χ1n) is 7.35. The van der Waals surface area contributed by atoms with Gasteiger partial charge in [-0.1, -0.05) is 48.6 Å². The summed E-state index contributed by atoms with van der Waals surface area (Å²) < 4.78 is 6.03. The third-order valence-corrected chi connectivity index (χ3v) is 4.31. The number of ether oxygens (including phenoxy) is 1. The lowest BCUT2D eigenvalue weighted by atomic mass is 9.83. The van der Waals surface area contributed by atoms with E-state index in [0.29, 0.717) is 17.5 Å². The van der Waals surface area contributed by atoms with Gasteiger partial charge in [0.2, 0.25) is 0 Å². The van der Waals surface area contributed by atoms with Gasteiger partial charge in [-0.2, -0.15) is 0 Å². The summed E-state index contributed by atoms with van der Waals surface area (Å²) in [5.74, 6) is 1.24. The zero-order valence-corrected chi connectivity index (χ0v) is 12.7. The van der Waals surface area contributed by atoms with Crippen molar-refractivity contribution in [2.75, 3.05) is 6.61 Å². The van der Waals surface area contributed by atoms with Gasteiger partial charge in [0.05, 0.1) is 12.2 Å². The molecule has 0 saturated carbocycles. The average Bonchev–Trinajstić information content (AvgIpc) is 2.53. The zero-order valence-electron chi connectivity index (χ0n) is 11.9. The van der Waals surface area contributed by atoms with E-state index in [-0.39, 0.29) is 0 Å². The van der Waals surface area contributed by atoms with Crippen molar-refractivity contribution in [3.63, 3.8) is 0 Å². The van der Waals surface area contributed by atoms with E-state index >= 15 is 0 Å². The van der Waals surface area contributed by atoms with Crippen LogP contribution in [-0.4, -0.2) is 11.6 Å². The summed E-state index contributed by atoms with van der Waals surface area (Å²) in [6, 6.07) is 16.4. The minimum atomic E-state index is 0.384. The van der Waals surface area contributed by atoms with Crippen molar-refractivity contribution in [1.29, 1.82) is 0 Å². The molecule has 1 aliphatic carbocycles. The second-order valence-corrected chi connectivity index (χ2v) is 5.90. The minimum absolute atomic E-state index is 0.384. The number of thiocarbonyl (C=S) groups is 1. The van der Waals surface area contributed by atoms with E-state index in [1.54, 1.807) is 0 Å². The fraction of sp³-hybridized carbons (Fsp3) is 0.278. The van der Waals surface area contributed by atoms with Crippen LogP contribution in [0.2, 0.25) is 0 Å². The number of hydrogen-bond donors (Lipinski definition) is 1. The van der Waals surface area contributed by atoms with Gasteiger partial charge < -0.3 is 10.5 Å². The third-order valence-electron chi connectivity index (χ3n) is 4.09. The van der Waals surface area contributed by atoms with Gasteiger partial charge in [-0.3, -0.25) is 0 Å². The van der Waals surface area contributed by atoms with Crippen molar-refractivity contribution < 1.29 is 4.74 Å². The van der Waals surface area contributed by atoms with Crippen molar-refractivity contribution in [3.05, 3.63) is 65.2 Å². The Hall–Kier alpha value is -1.87. The predicted octanol–water partition coefficient (Wildman–Crippen LogP) is 3.82. The smallest absolute Gasteiger partial charge is 0.129 e. The summed E-state index contributed by atoms with van der Waals surface area (Å²) in [5, 5.41) is 0. The molecule has 0 aliphatic heterocycles. The lowest BCUT2D eigenvalue weighted by Gasteiger charge is -2.25. The molecule has 3 heteroatoms. The van der Waals surface area contributed by atoms with Gasteiger partial charge in [-0.05, 0) is 42.5 Å². The SMILES string of the molecule is NC(=S)c1ccccc1OCC1CCCc2ccccc21. The molecule has 2 aromatic carbocycles. The lowest BCUT2D eigenvalue weighted by molar-refractivity contribution is 0.274. The van der Waals surface area contributed by atoms with Crippen LogP contribution < -0.4 is 10.5 Å². The van der Waals surface area contributed by atoms with Crippen LogP contribution in [-0.2, 0) is 6.42 Å². The van der Waals surface area contributed by atoms with Crippen LogP contribution in [0.4, 0.5) is 0 Å². The van der Waals surface area contributed by atoms with Gasteiger partial charge in [0, 0.05) is 5.92 Å². The maximum Gasteiger partial charge on any atom is 0.129 e. The van der Waals surface area contributed by atoms with Gasteiger partial charge in [0.1, 0.15) is 10.7 Å². The first-order chi connectivity index (χ1) is 10.3. The van der Waals surface area contributed by atoms with E-state index in [2.05, 4.69) is 24.3 Å². The Morgan fingerprint density at radius 1 is 1.14 bits per heavy atom. The van der Waals surface area contributed by atoms with Crippen LogP contribution in [0.5, 0.6) is 5.75 Å². The first-order valence-corrected chi connectivity index (χ1v) is 7.76. The Labute approximate surface area is 130 Å². The van der Waals surface area contributed by atoms with Gasteiger partial charge in [0.25, 0.3) is 0 Å². The summed E-state index contributed by atoms with van der Waals surface area (Å²) in [6.07, 6.45) is 3.57. The van der Waals surface area contributed by atoms with Crippen LogP contribution in [0.15, 0.2) is 48.5 Å². The summed E-state index contributed by atoms with van der Waals surface area (Å²) in [6.45, 7) is 0.677. The van der Waals surface area contributed by atoms with Crippen LogP contribution in [0.25, 0.3) is 0 Å². The maximum atomic E-state index is 6.03. The Kier molecular flexibility index (Phi) is 4.20. The van der Waals surface area contributed by atoms with Crippen LogP contribution in [0.1, 0.15) is 35.4 Å². The fourth-order valence-electron chi connectivity index (χ4n) is 3.01. The van der Waals surface area contributed by atoms with E-state index in [9.17, 15) is 0 Å². The van der Waals surface area contributed by atoms with Gasteiger partial charge in [-0.25, -0.2) is 0 Å². The molecule has 0 amide bonds. The molecule has 1 unspecified atom stereocenters. The lowest BCUT2D eigenvalue weighted by Crippen LogP contribution is -2.18. The van der Waals surface area contributed by atoms with Crippen LogP contribution in [0.3, 0.4) is 0 Å². The van der Waals surface area contributed by atoms with Crippen molar-refractivity contribution in [2.24, 2.45) is 5.73 Å². The Morgan fingerprint density at radius 2 is 1.90 bits per heavy atom. The normalized spacial score (nSPS) is 17.0. The average molecular weight is 297 g/mol. The number of fused-ring (bicyclic) bond motifs is 1. The number of hydrogen-bond acceptors (Lipinski definition) is 2. The van der Waals surface area contributed by atoms with E-state index in [1.807, 2.05) is 24.3 Å². The third kappa shape index (κ3) is 3.08. The summed E-state index contributed by atoms with van der Waals surface area (Å²) >= 11 is 5.08. The molecule has 0 heterocycles. The molecule has 108 valence electrons. The number of para-hydroxylation sites is 1. The molecule has 0 bridgehead atoms. The standard InChI is InChI=1S/C18H19NOS/c19-18(21)16-10-3-4-11-17(16)20-12-14-8-5-7-13-6-1-2-9-15(13)14/h1-4,6,9-11,14H,5,7-8,12H2,(H2,19,21).